The number of nitrogens with zero attached hydrogens (tertiary/aromatic N) is 1. The summed E-state index contributed by atoms with van der Waals surface area (Å²) in [6, 6.07) is 5.83. The maximum atomic E-state index is 11.2. The molecule has 0 aliphatic heterocycles. The molecule has 1 aromatic rings. The van der Waals surface area contributed by atoms with Crippen molar-refractivity contribution in [3.8, 4) is 0 Å². The van der Waals surface area contributed by atoms with Crippen LogP contribution in [0.3, 0.4) is 0 Å². The molecule has 0 bridgehead atoms. The molecule has 1 rings (SSSR count). The van der Waals surface area contributed by atoms with E-state index in [1.54, 1.807) is 6.07 Å². The monoisotopic (exact) mass is 214 g/mol. The van der Waals surface area contributed by atoms with Gasteiger partial charge in [0.15, 0.2) is 0 Å². The van der Waals surface area contributed by atoms with Crippen molar-refractivity contribution in [1.82, 2.24) is 0 Å². The Morgan fingerprint density at radius 2 is 2.21 bits per heavy atom. The lowest BCUT2D eigenvalue weighted by Gasteiger charge is -1.96. The first-order valence-electron chi connectivity index (χ1n) is 3.75. The summed E-state index contributed by atoms with van der Waals surface area (Å²) in [7, 11) is -2.52. The van der Waals surface area contributed by atoms with Crippen molar-refractivity contribution >= 4 is 20.8 Å². The van der Waals surface area contributed by atoms with Crippen LogP contribution in [0.25, 0.3) is 0 Å². The van der Waals surface area contributed by atoms with Gasteiger partial charge in [-0.3, -0.25) is 19.5 Å². The van der Waals surface area contributed by atoms with Gasteiger partial charge in [0.05, 0.1) is 4.92 Å². The van der Waals surface area contributed by atoms with E-state index in [4.69, 9.17) is 5.14 Å². The lowest BCUT2D eigenvalue weighted by Crippen LogP contribution is -2.12. The van der Waals surface area contributed by atoms with Crippen LogP contribution in [0, 0.1) is 10.1 Å². The van der Waals surface area contributed by atoms with E-state index >= 15 is 0 Å². The molecule has 76 valence electrons. The van der Waals surface area contributed by atoms with Crippen LogP contribution in [-0.2, 0) is 9.71 Å². The molecule has 0 fully saturated rings. The molecule has 0 aliphatic rings. The Kier molecular flexibility index (Phi) is 2.87. The Labute approximate surface area is 81.8 Å². The number of nitro benzene ring substituents is 1. The van der Waals surface area contributed by atoms with Gasteiger partial charge in [-0.25, -0.2) is 0 Å². The van der Waals surface area contributed by atoms with E-state index in [1.807, 2.05) is 0 Å². The van der Waals surface area contributed by atoms with E-state index < -0.39 is 14.6 Å². The van der Waals surface area contributed by atoms with Gasteiger partial charge in [-0.05, 0) is 5.56 Å². The summed E-state index contributed by atoms with van der Waals surface area (Å²) in [5, 5.41) is 17.0. The maximum absolute atomic E-state index is 11.2. The topological polar surface area (TPSA) is 86.2 Å². The molecular weight excluding hydrogens is 204 g/mol. The predicted octanol–water partition coefficient (Wildman–Crippen LogP) is 0.533. The zero-order valence-electron chi connectivity index (χ0n) is 7.54. The first-order valence-corrected chi connectivity index (χ1v) is 5.84. The summed E-state index contributed by atoms with van der Waals surface area (Å²) in [4.78, 5) is 9.90. The average Bonchev–Trinajstić information content (AvgIpc) is 2.01. The molecule has 1 unspecified atom stereocenters. The Balaban J connectivity index is 3.20. The number of hydrogen-bond donors (Lipinski definition) is 1. The molecule has 0 aliphatic carbocycles. The second-order valence-electron chi connectivity index (χ2n) is 2.94. The molecule has 0 saturated heterocycles. The lowest BCUT2D eigenvalue weighted by atomic mass is 10.2. The summed E-state index contributed by atoms with van der Waals surface area (Å²) >= 11 is 0. The van der Waals surface area contributed by atoms with E-state index in [0.29, 0.717) is 5.56 Å². The molecule has 1 aromatic carbocycles. The molecule has 0 spiro atoms. The summed E-state index contributed by atoms with van der Waals surface area (Å²) in [5.74, 6) is 0. The number of nitro groups is 1. The SMILES string of the molecule is CS(N)(=O)=Cc1cccc([N+](=O)[O-])c1. The molecule has 0 amide bonds. The minimum atomic E-state index is -2.52. The van der Waals surface area contributed by atoms with Gasteiger partial charge in [0.2, 0.25) is 0 Å². The Hall–Kier alpha value is -1.40. The highest BCUT2D eigenvalue weighted by Gasteiger charge is 2.04. The molecule has 6 heteroatoms. The van der Waals surface area contributed by atoms with Crippen molar-refractivity contribution in [3.05, 3.63) is 39.9 Å². The zero-order valence-corrected chi connectivity index (χ0v) is 8.36. The van der Waals surface area contributed by atoms with E-state index in [2.05, 4.69) is 0 Å². The Morgan fingerprint density at radius 3 is 2.71 bits per heavy atom. The minimum Gasteiger partial charge on any atom is -0.259 e. The first kappa shape index (κ1) is 10.7. The molecule has 0 aromatic heterocycles. The van der Waals surface area contributed by atoms with Gasteiger partial charge in [0.25, 0.3) is 5.69 Å². The number of rotatable bonds is 2. The predicted molar refractivity (Wildman–Crippen MR) is 56.5 cm³/mol. The fourth-order valence-electron chi connectivity index (χ4n) is 0.982. The number of non-ortho nitro benzene ring substituents is 1. The fraction of sp³-hybridized carbons (Fsp3) is 0.125. The van der Waals surface area contributed by atoms with Crippen molar-refractivity contribution < 1.29 is 9.13 Å². The highest BCUT2D eigenvalue weighted by molar-refractivity contribution is 7.98. The van der Waals surface area contributed by atoms with Gasteiger partial charge < -0.3 is 0 Å². The van der Waals surface area contributed by atoms with Crippen LogP contribution in [0.2, 0.25) is 0 Å². The molecule has 5 nitrogen and oxygen atoms in total. The van der Waals surface area contributed by atoms with Crippen molar-refractivity contribution in [2.45, 2.75) is 0 Å². The Bertz CT molecular complexity index is 467. The second-order valence-corrected chi connectivity index (χ2v) is 5.11. The minimum absolute atomic E-state index is 0.0394. The summed E-state index contributed by atoms with van der Waals surface area (Å²) in [5.41, 5.74) is 0.455. The third-order valence-corrected chi connectivity index (χ3v) is 2.19. The van der Waals surface area contributed by atoms with E-state index in [-0.39, 0.29) is 5.69 Å². The van der Waals surface area contributed by atoms with Gasteiger partial charge >= 0.3 is 0 Å². The van der Waals surface area contributed by atoms with Crippen LogP contribution >= 0.6 is 0 Å². The average molecular weight is 214 g/mol. The summed E-state index contributed by atoms with van der Waals surface area (Å²) in [6.45, 7) is 0. The van der Waals surface area contributed by atoms with Gasteiger partial charge in [-0.1, -0.05) is 12.1 Å². The fourth-order valence-corrected chi connectivity index (χ4v) is 1.67. The molecule has 2 N–H and O–H groups in total. The largest absolute Gasteiger partial charge is 0.270 e. The van der Waals surface area contributed by atoms with Crippen LogP contribution in [-0.4, -0.2) is 20.8 Å². The quantitative estimate of drug-likeness (QED) is 0.442. The highest BCUT2D eigenvalue weighted by atomic mass is 32.2. The van der Waals surface area contributed by atoms with Gasteiger partial charge in [-0.15, -0.1) is 0 Å². The van der Waals surface area contributed by atoms with Crippen LogP contribution in [0.1, 0.15) is 5.56 Å². The van der Waals surface area contributed by atoms with E-state index in [1.165, 1.54) is 29.8 Å². The third kappa shape index (κ3) is 3.15. The van der Waals surface area contributed by atoms with E-state index in [0.717, 1.165) is 0 Å². The van der Waals surface area contributed by atoms with Gasteiger partial charge in [0.1, 0.15) is 0 Å². The van der Waals surface area contributed by atoms with Gasteiger partial charge in [0, 0.05) is 33.5 Å². The van der Waals surface area contributed by atoms with Crippen molar-refractivity contribution in [1.29, 1.82) is 0 Å². The molecule has 0 saturated carbocycles. The highest BCUT2D eigenvalue weighted by Crippen LogP contribution is 2.11. The standard InChI is InChI=1S/C8H10N2O3S/c1-14(9,13)6-7-3-2-4-8(5-7)10(11)12/h2-6H,1H3,(H2,9,13). The number of nitrogens with two attached hydrogens (primary N) is 1. The number of hydrogen-bond acceptors (Lipinski definition) is 3. The second kappa shape index (κ2) is 3.77. The Morgan fingerprint density at radius 1 is 1.57 bits per heavy atom. The van der Waals surface area contributed by atoms with Crippen molar-refractivity contribution in [3.63, 3.8) is 0 Å². The van der Waals surface area contributed by atoms with E-state index in [9.17, 15) is 14.3 Å². The van der Waals surface area contributed by atoms with Crippen molar-refractivity contribution in [2.24, 2.45) is 5.14 Å². The molecular formula is C8H10N2O3S. The zero-order chi connectivity index (χ0) is 10.8. The van der Waals surface area contributed by atoms with Gasteiger partial charge in [-0.2, -0.15) is 0 Å². The first-order chi connectivity index (χ1) is 6.38. The van der Waals surface area contributed by atoms with Crippen LogP contribution in [0.5, 0.6) is 0 Å². The smallest absolute Gasteiger partial charge is 0.259 e. The molecule has 0 radical (unpaired) electrons. The van der Waals surface area contributed by atoms with Crippen LogP contribution < -0.4 is 5.14 Å². The normalized spacial score (nSPS) is 14.4. The van der Waals surface area contributed by atoms with Crippen molar-refractivity contribution in [2.75, 3.05) is 6.26 Å². The lowest BCUT2D eigenvalue weighted by molar-refractivity contribution is -0.384. The van der Waals surface area contributed by atoms with Crippen LogP contribution in [0.15, 0.2) is 24.3 Å². The van der Waals surface area contributed by atoms with Crippen LogP contribution in [0.4, 0.5) is 5.69 Å². The molecule has 1 atom stereocenters. The number of benzene rings is 1. The summed E-state index contributed by atoms with van der Waals surface area (Å²) in [6.07, 6.45) is 1.37. The third-order valence-electron chi connectivity index (χ3n) is 1.45. The maximum Gasteiger partial charge on any atom is 0.270 e. The molecule has 14 heavy (non-hydrogen) atoms. The summed E-state index contributed by atoms with van der Waals surface area (Å²) < 4.78 is 11.2. The molecule has 0 heterocycles.